The van der Waals surface area contributed by atoms with E-state index in [1.807, 2.05) is 0 Å². The zero-order chi connectivity index (χ0) is 23.4. The number of amides is 1. The first-order valence-corrected chi connectivity index (χ1v) is 13.1. The number of carbonyl (C=O) groups is 1. The molecule has 1 aliphatic heterocycles. The van der Waals surface area contributed by atoms with Gasteiger partial charge in [0, 0.05) is 32.4 Å². The second kappa shape index (κ2) is 11.4. The Morgan fingerprint density at radius 1 is 1.24 bits per heavy atom. The summed E-state index contributed by atoms with van der Waals surface area (Å²) in [6, 6.07) is 10.6. The fraction of sp³-hybridized carbons (Fsp3) is 0.364. The van der Waals surface area contributed by atoms with E-state index in [9.17, 15) is 17.6 Å². The molecule has 1 saturated heterocycles. The van der Waals surface area contributed by atoms with Gasteiger partial charge in [-0.1, -0.05) is 23.5 Å². The van der Waals surface area contributed by atoms with Gasteiger partial charge in [-0.05, 0) is 30.3 Å². The van der Waals surface area contributed by atoms with Gasteiger partial charge in [-0.15, -0.1) is 12.4 Å². The van der Waals surface area contributed by atoms with Crippen molar-refractivity contribution in [2.24, 2.45) is 0 Å². The van der Waals surface area contributed by atoms with Crippen molar-refractivity contribution in [3.63, 3.8) is 0 Å². The predicted molar refractivity (Wildman–Crippen MR) is 131 cm³/mol. The third kappa shape index (κ3) is 6.42. The highest BCUT2D eigenvalue weighted by Gasteiger charge is 2.23. The van der Waals surface area contributed by atoms with E-state index in [2.05, 4.69) is 9.88 Å². The number of nitrogens with zero attached hydrogens (tertiary/aromatic N) is 3. The van der Waals surface area contributed by atoms with Gasteiger partial charge in [0.15, 0.2) is 33.1 Å². The zero-order valence-corrected chi connectivity index (χ0v) is 20.9. The topological polar surface area (TPSA) is 89.0 Å². The number of ether oxygens (including phenoxy) is 2. The van der Waals surface area contributed by atoms with Gasteiger partial charge in [-0.2, -0.15) is 0 Å². The molecule has 0 spiro atoms. The molecule has 2 aromatic carbocycles. The number of halogens is 2. The van der Waals surface area contributed by atoms with E-state index >= 15 is 0 Å². The van der Waals surface area contributed by atoms with Gasteiger partial charge in [0.05, 0.1) is 28.3 Å². The average molecular weight is 530 g/mol. The smallest absolute Gasteiger partial charge is 0.266 e. The van der Waals surface area contributed by atoms with E-state index in [1.54, 1.807) is 24.3 Å². The summed E-state index contributed by atoms with van der Waals surface area (Å²) in [5, 5.41) is 0.436. The van der Waals surface area contributed by atoms with Crippen LogP contribution in [0.3, 0.4) is 0 Å². The van der Waals surface area contributed by atoms with E-state index in [0.29, 0.717) is 41.7 Å². The molecule has 4 rings (SSSR count). The van der Waals surface area contributed by atoms with Crippen molar-refractivity contribution in [2.75, 3.05) is 57.2 Å². The third-order valence-electron chi connectivity index (χ3n) is 5.24. The lowest BCUT2D eigenvalue weighted by Gasteiger charge is -2.29. The van der Waals surface area contributed by atoms with Crippen LogP contribution in [0.5, 0.6) is 5.75 Å². The molecule has 2 heterocycles. The summed E-state index contributed by atoms with van der Waals surface area (Å²) in [6.45, 7) is 3.43. The number of hydrogen-bond donors (Lipinski definition) is 0. The normalized spacial score (nSPS) is 14.5. The molecule has 1 aromatic heterocycles. The summed E-state index contributed by atoms with van der Waals surface area (Å²) in [6.07, 6.45) is 1.15. The average Bonchev–Trinajstić information content (AvgIpc) is 3.22. The van der Waals surface area contributed by atoms with E-state index < -0.39 is 15.7 Å². The van der Waals surface area contributed by atoms with Crippen LogP contribution in [0.25, 0.3) is 10.2 Å². The van der Waals surface area contributed by atoms with Crippen LogP contribution in [0.2, 0.25) is 0 Å². The summed E-state index contributed by atoms with van der Waals surface area (Å²) in [7, 11) is -3.37. The van der Waals surface area contributed by atoms with Crippen molar-refractivity contribution in [3.8, 4) is 5.75 Å². The Kier molecular flexibility index (Phi) is 8.83. The Hall–Kier alpha value is -2.31. The minimum atomic E-state index is -3.37. The molecule has 0 aliphatic carbocycles. The molecule has 34 heavy (non-hydrogen) atoms. The molecule has 12 heteroatoms. The highest BCUT2D eigenvalue weighted by atomic mass is 35.5. The van der Waals surface area contributed by atoms with Crippen LogP contribution >= 0.6 is 23.7 Å². The van der Waals surface area contributed by atoms with Gasteiger partial charge in [0.1, 0.15) is 0 Å². The largest absolute Gasteiger partial charge is 0.481 e. The highest BCUT2D eigenvalue weighted by Crippen LogP contribution is 2.31. The molecule has 1 amide bonds. The van der Waals surface area contributed by atoms with E-state index in [-0.39, 0.29) is 35.6 Å². The Morgan fingerprint density at radius 2 is 1.97 bits per heavy atom. The molecule has 0 radical (unpaired) electrons. The molecule has 8 nitrogen and oxygen atoms in total. The summed E-state index contributed by atoms with van der Waals surface area (Å²) in [5.74, 6) is -0.909. The predicted octanol–water partition coefficient (Wildman–Crippen LogP) is 3.00. The maximum atomic E-state index is 13.9. The molecule has 1 fully saturated rings. The van der Waals surface area contributed by atoms with Crippen LogP contribution in [0.4, 0.5) is 9.52 Å². The van der Waals surface area contributed by atoms with Crippen LogP contribution < -0.4 is 9.64 Å². The highest BCUT2D eigenvalue weighted by molar-refractivity contribution is 7.90. The molecule has 0 bridgehead atoms. The van der Waals surface area contributed by atoms with Gasteiger partial charge in [-0.25, -0.2) is 17.8 Å². The Balaban J connectivity index is 0.00000324. The SMILES string of the molecule is CS(=O)(=O)c1ccc2nc(N(CCN3CCOCC3)C(=O)COc3ccccc3F)sc2c1.Cl. The maximum Gasteiger partial charge on any atom is 0.266 e. The number of fused-ring (bicyclic) bond motifs is 1. The number of hydrogen-bond acceptors (Lipinski definition) is 8. The zero-order valence-electron chi connectivity index (χ0n) is 18.5. The summed E-state index contributed by atoms with van der Waals surface area (Å²) >= 11 is 1.23. The number of benzene rings is 2. The first-order valence-electron chi connectivity index (χ1n) is 10.4. The molecule has 184 valence electrons. The molecule has 1 aliphatic rings. The number of anilines is 1. The summed E-state index contributed by atoms with van der Waals surface area (Å²) in [5.41, 5.74) is 0.599. The third-order valence-corrected chi connectivity index (χ3v) is 7.39. The van der Waals surface area contributed by atoms with Gasteiger partial charge >= 0.3 is 0 Å². The molecule has 0 saturated carbocycles. The number of rotatable bonds is 8. The number of aromatic nitrogens is 1. The Bertz CT molecular complexity index is 1250. The second-order valence-electron chi connectivity index (χ2n) is 7.62. The molecule has 3 aromatic rings. The van der Waals surface area contributed by atoms with Gasteiger partial charge < -0.3 is 9.47 Å². The van der Waals surface area contributed by atoms with E-state index in [4.69, 9.17) is 9.47 Å². The number of para-hydroxylation sites is 1. The minimum Gasteiger partial charge on any atom is -0.481 e. The number of sulfone groups is 1. The van der Waals surface area contributed by atoms with Crippen molar-refractivity contribution >= 4 is 54.8 Å². The number of morpholine rings is 1. The van der Waals surface area contributed by atoms with Gasteiger partial charge in [-0.3, -0.25) is 14.6 Å². The summed E-state index contributed by atoms with van der Waals surface area (Å²) in [4.78, 5) is 21.6. The van der Waals surface area contributed by atoms with Crippen LogP contribution in [0.15, 0.2) is 47.4 Å². The van der Waals surface area contributed by atoms with Crippen molar-refractivity contribution in [1.29, 1.82) is 0 Å². The Morgan fingerprint density at radius 3 is 2.68 bits per heavy atom. The van der Waals surface area contributed by atoms with Gasteiger partial charge in [0.25, 0.3) is 5.91 Å². The molecule has 0 unspecified atom stereocenters. The quantitative estimate of drug-likeness (QED) is 0.443. The first kappa shape index (κ1) is 26.3. The fourth-order valence-electron chi connectivity index (χ4n) is 3.41. The Labute approximate surface area is 207 Å². The fourth-order valence-corrected chi connectivity index (χ4v) is 5.18. The van der Waals surface area contributed by atoms with Crippen LogP contribution in [-0.4, -0.2) is 76.5 Å². The monoisotopic (exact) mass is 529 g/mol. The first-order chi connectivity index (χ1) is 15.8. The lowest BCUT2D eigenvalue weighted by molar-refractivity contribution is -0.120. The standard InChI is InChI=1S/C22H24FN3O5S2.ClH/c1-33(28,29)16-6-7-18-20(14-16)32-22(24-18)26(9-8-25-10-12-30-13-11-25)21(27)15-31-19-5-3-2-4-17(19)23;/h2-7,14H,8-13,15H2,1H3;1H. The van der Waals surface area contributed by atoms with E-state index in [1.165, 1.54) is 34.4 Å². The maximum absolute atomic E-state index is 13.9. The number of carbonyl (C=O) groups excluding carboxylic acids is 1. The van der Waals surface area contributed by atoms with Crippen LogP contribution in [-0.2, 0) is 19.4 Å². The lowest BCUT2D eigenvalue weighted by atomic mass is 10.3. The lowest BCUT2D eigenvalue weighted by Crippen LogP contribution is -2.44. The van der Waals surface area contributed by atoms with Crippen LogP contribution in [0.1, 0.15) is 0 Å². The van der Waals surface area contributed by atoms with E-state index in [0.717, 1.165) is 19.3 Å². The van der Waals surface area contributed by atoms with Crippen LogP contribution in [0, 0.1) is 5.82 Å². The van der Waals surface area contributed by atoms with Crippen molar-refractivity contribution in [1.82, 2.24) is 9.88 Å². The molecule has 0 N–H and O–H groups in total. The molecular weight excluding hydrogens is 505 g/mol. The van der Waals surface area contributed by atoms with Crippen molar-refractivity contribution < 1.29 is 27.1 Å². The second-order valence-corrected chi connectivity index (χ2v) is 10.6. The van der Waals surface area contributed by atoms with Crippen molar-refractivity contribution in [3.05, 3.63) is 48.3 Å². The molecule has 0 atom stereocenters. The number of thiazole rings is 1. The minimum absolute atomic E-state index is 0. The van der Waals surface area contributed by atoms with Crippen molar-refractivity contribution in [2.45, 2.75) is 4.90 Å². The molecular formula is C22H25ClFN3O5S2. The van der Waals surface area contributed by atoms with Gasteiger partial charge in [0.2, 0.25) is 0 Å². The summed E-state index contributed by atoms with van der Waals surface area (Å²) < 4.78 is 49.2.